The molecule has 3 saturated heterocycles. The van der Waals surface area contributed by atoms with E-state index in [1.54, 1.807) is 12.3 Å². The number of pyridine rings is 1. The molecule has 0 aliphatic carbocycles. The summed E-state index contributed by atoms with van der Waals surface area (Å²) < 4.78 is 6.34. The Morgan fingerprint density at radius 3 is 2.59 bits per heavy atom. The van der Waals surface area contributed by atoms with Gasteiger partial charge in [-0.05, 0) is 43.7 Å². The molecule has 6 nitrogen and oxygen atoms in total. The lowest BCUT2D eigenvalue weighted by molar-refractivity contribution is -0.132. The first kappa shape index (κ1) is 20.8. The molecule has 6 heteroatoms. The molecular weight excluding hydrogens is 364 g/mol. The fourth-order valence-electron chi connectivity index (χ4n) is 5.26. The molecule has 1 aromatic heterocycles. The first-order valence-electron chi connectivity index (χ1n) is 11.4. The average Bonchev–Trinajstić information content (AvgIpc) is 2.75. The second-order valence-corrected chi connectivity index (χ2v) is 9.42. The third kappa shape index (κ3) is 4.98. The van der Waals surface area contributed by atoms with Crippen molar-refractivity contribution in [3.63, 3.8) is 0 Å². The minimum atomic E-state index is -0.0428. The summed E-state index contributed by atoms with van der Waals surface area (Å²) in [5.41, 5.74) is 0.504. The highest BCUT2D eigenvalue weighted by molar-refractivity contribution is 5.92. The third-order valence-electron chi connectivity index (χ3n) is 6.86. The molecule has 3 aliphatic rings. The van der Waals surface area contributed by atoms with Crippen LogP contribution in [-0.4, -0.2) is 89.7 Å². The Bertz CT molecular complexity index is 665. The minimum Gasteiger partial charge on any atom is -0.375 e. The Labute approximate surface area is 175 Å². The van der Waals surface area contributed by atoms with Crippen molar-refractivity contribution in [3.8, 4) is 0 Å². The summed E-state index contributed by atoms with van der Waals surface area (Å²) in [7, 11) is 0. The zero-order chi connectivity index (χ0) is 20.3. The lowest BCUT2D eigenvalue weighted by Crippen LogP contribution is -2.57. The zero-order valence-electron chi connectivity index (χ0n) is 18.1. The van der Waals surface area contributed by atoms with E-state index in [1.165, 1.54) is 32.7 Å². The van der Waals surface area contributed by atoms with Crippen molar-refractivity contribution in [1.29, 1.82) is 0 Å². The molecular formula is C23H36N4O2. The van der Waals surface area contributed by atoms with Crippen LogP contribution in [0.3, 0.4) is 0 Å². The number of nitrogens with zero attached hydrogens (tertiary/aromatic N) is 4. The van der Waals surface area contributed by atoms with Gasteiger partial charge < -0.3 is 14.5 Å². The second-order valence-electron chi connectivity index (χ2n) is 9.42. The van der Waals surface area contributed by atoms with Crippen molar-refractivity contribution < 1.29 is 9.53 Å². The van der Waals surface area contributed by atoms with E-state index < -0.39 is 0 Å². The number of carbonyl (C=O) groups excluding carboxylic acids is 1. The lowest BCUT2D eigenvalue weighted by atomic mass is 9.81. The molecule has 3 fully saturated rings. The van der Waals surface area contributed by atoms with Gasteiger partial charge >= 0.3 is 0 Å². The summed E-state index contributed by atoms with van der Waals surface area (Å²) in [6, 6.07) is 6.16. The average molecular weight is 401 g/mol. The SMILES string of the molecule is CC(C)CN1CCN(C2CCOC3(CCN(C(=O)c4ccccn4)CC3)C2)CC1. The normalized spacial score (nSPS) is 26.2. The topological polar surface area (TPSA) is 48.9 Å². The van der Waals surface area contributed by atoms with E-state index in [1.807, 2.05) is 17.0 Å². The van der Waals surface area contributed by atoms with Gasteiger partial charge in [-0.25, -0.2) is 0 Å². The van der Waals surface area contributed by atoms with Gasteiger partial charge in [-0.15, -0.1) is 0 Å². The number of ether oxygens (including phenoxy) is 1. The molecule has 1 spiro atoms. The van der Waals surface area contributed by atoms with Crippen LogP contribution in [0.15, 0.2) is 24.4 Å². The van der Waals surface area contributed by atoms with Crippen LogP contribution in [0.4, 0.5) is 0 Å². The molecule has 29 heavy (non-hydrogen) atoms. The lowest BCUT2D eigenvalue weighted by Gasteiger charge is -2.49. The monoisotopic (exact) mass is 400 g/mol. The molecule has 1 amide bonds. The number of carbonyl (C=O) groups is 1. The third-order valence-corrected chi connectivity index (χ3v) is 6.86. The number of amides is 1. The number of piperidine rings is 1. The summed E-state index contributed by atoms with van der Waals surface area (Å²) in [4.78, 5) is 24.2. The van der Waals surface area contributed by atoms with E-state index >= 15 is 0 Å². The van der Waals surface area contributed by atoms with Gasteiger partial charge in [0.1, 0.15) is 5.69 Å². The second kappa shape index (κ2) is 9.11. The van der Waals surface area contributed by atoms with Gasteiger partial charge in [0.15, 0.2) is 0 Å². The van der Waals surface area contributed by atoms with E-state index in [2.05, 4.69) is 28.6 Å². The highest BCUT2D eigenvalue weighted by Crippen LogP contribution is 2.37. The molecule has 0 N–H and O–H groups in total. The molecule has 0 saturated carbocycles. The fourth-order valence-corrected chi connectivity index (χ4v) is 5.26. The maximum atomic E-state index is 12.7. The van der Waals surface area contributed by atoms with Crippen LogP contribution in [0.25, 0.3) is 0 Å². The van der Waals surface area contributed by atoms with Crippen LogP contribution in [0.2, 0.25) is 0 Å². The number of rotatable bonds is 4. The van der Waals surface area contributed by atoms with Gasteiger partial charge in [0.2, 0.25) is 0 Å². The van der Waals surface area contributed by atoms with Crippen LogP contribution in [0.1, 0.15) is 50.0 Å². The first-order valence-corrected chi connectivity index (χ1v) is 11.4. The van der Waals surface area contributed by atoms with Crippen molar-refractivity contribution in [2.45, 2.75) is 51.2 Å². The number of hydrogen-bond acceptors (Lipinski definition) is 5. The van der Waals surface area contributed by atoms with E-state index in [9.17, 15) is 4.79 Å². The smallest absolute Gasteiger partial charge is 0.272 e. The van der Waals surface area contributed by atoms with Crippen molar-refractivity contribution in [1.82, 2.24) is 19.7 Å². The molecule has 160 valence electrons. The quantitative estimate of drug-likeness (QED) is 0.777. The summed E-state index contributed by atoms with van der Waals surface area (Å²) in [6.07, 6.45) is 5.82. The van der Waals surface area contributed by atoms with Crippen LogP contribution < -0.4 is 0 Å². The van der Waals surface area contributed by atoms with Gasteiger partial charge in [0.25, 0.3) is 5.91 Å². The van der Waals surface area contributed by atoms with Gasteiger partial charge in [0.05, 0.1) is 5.60 Å². The van der Waals surface area contributed by atoms with Gasteiger partial charge in [0, 0.05) is 64.7 Å². The summed E-state index contributed by atoms with van der Waals surface area (Å²) >= 11 is 0. The van der Waals surface area contributed by atoms with Crippen molar-refractivity contribution in [3.05, 3.63) is 30.1 Å². The van der Waals surface area contributed by atoms with Crippen LogP contribution in [0.5, 0.6) is 0 Å². The molecule has 1 unspecified atom stereocenters. The molecule has 1 atom stereocenters. The van der Waals surface area contributed by atoms with Gasteiger partial charge in [-0.1, -0.05) is 19.9 Å². The van der Waals surface area contributed by atoms with Crippen LogP contribution in [0, 0.1) is 5.92 Å². The number of hydrogen-bond donors (Lipinski definition) is 0. The predicted octanol–water partition coefficient (Wildman–Crippen LogP) is 2.51. The molecule has 0 aromatic carbocycles. The van der Waals surface area contributed by atoms with Crippen LogP contribution >= 0.6 is 0 Å². The number of likely N-dealkylation sites (tertiary alicyclic amines) is 1. The fraction of sp³-hybridized carbons (Fsp3) is 0.739. The maximum Gasteiger partial charge on any atom is 0.272 e. The predicted molar refractivity (Wildman–Crippen MR) is 114 cm³/mol. The molecule has 4 heterocycles. The summed E-state index contributed by atoms with van der Waals surface area (Å²) in [5, 5.41) is 0. The highest BCUT2D eigenvalue weighted by atomic mass is 16.5. The maximum absolute atomic E-state index is 12.7. The summed E-state index contributed by atoms with van der Waals surface area (Å²) in [6.45, 7) is 12.9. The van der Waals surface area contributed by atoms with Crippen molar-refractivity contribution >= 4 is 5.91 Å². The van der Waals surface area contributed by atoms with Crippen LogP contribution in [-0.2, 0) is 4.74 Å². The molecule has 0 bridgehead atoms. The largest absolute Gasteiger partial charge is 0.375 e. The zero-order valence-corrected chi connectivity index (χ0v) is 18.1. The summed E-state index contributed by atoms with van der Waals surface area (Å²) in [5.74, 6) is 0.793. The Balaban J connectivity index is 1.29. The Kier molecular flexibility index (Phi) is 6.52. The van der Waals surface area contributed by atoms with Crippen molar-refractivity contribution in [2.75, 3.05) is 52.4 Å². The number of aromatic nitrogens is 1. The first-order chi connectivity index (χ1) is 14.0. The van der Waals surface area contributed by atoms with Crippen molar-refractivity contribution in [2.24, 2.45) is 5.92 Å². The van der Waals surface area contributed by atoms with Gasteiger partial charge in [-0.2, -0.15) is 0 Å². The standard InChI is InChI=1S/C23H36N4O2/c1-19(2)18-25-12-14-26(15-13-25)20-6-16-29-23(17-20)7-10-27(11-8-23)22(28)21-5-3-4-9-24-21/h3-5,9,19-20H,6-8,10-18H2,1-2H3. The Hall–Kier alpha value is -1.50. The van der Waals surface area contributed by atoms with E-state index in [4.69, 9.17) is 4.74 Å². The minimum absolute atomic E-state index is 0.0428. The molecule has 0 radical (unpaired) electrons. The van der Waals surface area contributed by atoms with E-state index in [-0.39, 0.29) is 11.5 Å². The molecule has 4 rings (SSSR count). The van der Waals surface area contributed by atoms with E-state index in [0.29, 0.717) is 11.7 Å². The molecule has 1 aromatic rings. The molecule has 3 aliphatic heterocycles. The Morgan fingerprint density at radius 1 is 1.17 bits per heavy atom. The highest BCUT2D eigenvalue weighted by Gasteiger charge is 2.43. The number of piperazine rings is 1. The Morgan fingerprint density at radius 2 is 1.93 bits per heavy atom. The van der Waals surface area contributed by atoms with E-state index in [0.717, 1.165) is 51.3 Å². The van der Waals surface area contributed by atoms with Gasteiger partial charge in [-0.3, -0.25) is 14.7 Å².